The van der Waals surface area contributed by atoms with Gasteiger partial charge in [0.15, 0.2) is 0 Å². The molecule has 1 aromatic heterocycles. The van der Waals surface area contributed by atoms with Crippen molar-refractivity contribution in [1.82, 2.24) is 9.97 Å². The zero-order valence-corrected chi connectivity index (χ0v) is 9.01. The molecule has 1 heterocycles. The molecule has 3 N–H and O–H groups in total. The molecule has 0 unspecified atom stereocenters. The molecule has 0 saturated heterocycles. The highest BCUT2D eigenvalue weighted by atomic mass is 35.5. The van der Waals surface area contributed by atoms with E-state index in [2.05, 4.69) is 22.2 Å². The average molecular weight is 215 g/mol. The highest BCUT2D eigenvalue weighted by Crippen LogP contribution is 2.18. The average Bonchev–Trinajstić information content (AvgIpc) is 2.18. The number of hydrogen-bond donors (Lipinski definition) is 2. The predicted octanol–water partition coefficient (Wildman–Crippen LogP) is 2.31. The summed E-state index contributed by atoms with van der Waals surface area (Å²) in [6, 6.07) is 0. The van der Waals surface area contributed by atoms with E-state index in [0.717, 1.165) is 13.0 Å². The Balaban J connectivity index is 2.45. The lowest BCUT2D eigenvalue weighted by Gasteiger charge is -2.06. The minimum atomic E-state index is 0.243. The number of halogens is 1. The summed E-state index contributed by atoms with van der Waals surface area (Å²) in [5, 5.41) is 3.64. The van der Waals surface area contributed by atoms with Crippen LogP contribution in [-0.4, -0.2) is 16.5 Å². The van der Waals surface area contributed by atoms with Crippen molar-refractivity contribution in [3.05, 3.63) is 11.2 Å². The van der Waals surface area contributed by atoms with Crippen LogP contribution in [-0.2, 0) is 0 Å². The number of nitrogen functional groups attached to an aromatic ring is 1. The first-order chi connectivity index (χ1) is 6.74. The van der Waals surface area contributed by atoms with Crippen molar-refractivity contribution in [2.75, 3.05) is 17.6 Å². The van der Waals surface area contributed by atoms with Crippen LogP contribution in [0.5, 0.6) is 0 Å². The maximum atomic E-state index is 5.87. The van der Waals surface area contributed by atoms with Gasteiger partial charge in [-0.2, -0.15) is 4.98 Å². The van der Waals surface area contributed by atoms with E-state index >= 15 is 0 Å². The van der Waals surface area contributed by atoms with Gasteiger partial charge in [0, 0.05) is 6.54 Å². The molecule has 0 aliphatic heterocycles. The van der Waals surface area contributed by atoms with Crippen LogP contribution < -0.4 is 11.1 Å². The molecule has 4 nitrogen and oxygen atoms in total. The first kappa shape index (κ1) is 11.0. The highest BCUT2D eigenvalue weighted by Gasteiger charge is 2.01. The van der Waals surface area contributed by atoms with Gasteiger partial charge in [0.05, 0.1) is 6.20 Å². The van der Waals surface area contributed by atoms with Crippen LogP contribution in [0.3, 0.4) is 0 Å². The zero-order valence-electron chi connectivity index (χ0n) is 8.26. The molecule has 1 rings (SSSR count). The number of nitrogens with two attached hydrogens (primary N) is 1. The summed E-state index contributed by atoms with van der Waals surface area (Å²) in [5.41, 5.74) is 5.44. The van der Waals surface area contributed by atoms with Gasteiger partial charge in [-0.1, -0.05) is 31.4 Å². The minimum Gasteiger partial charge on any atom is -0.369 e. The molecule has 0 aliphatic rings. The van der Waals surface area contributed by atoms with Crippen molar-refractivity contribution in [3.63, 3.8) is 0 Å². The number of nitrogens with one attached hydrogen (secondary N) is 1. The van der Waals surface area contributed by atoms with Gasteiger partial charge in [-0.05, 0) is 6.42 Å². The molecule has 0 fully saturated rings. The molecule has 1 aromatic rings. The molecular formula is C9H15ClN4. The number of anilines is 2. The summed E-state index contributed by atoms with van der Waals surface area (Å²) < 4.78 is 0. The van der Waals surface area contributed by atoms with E-state index in [-0.39, 0.29) is 5.95 Å². The van der Waals surface area contributed by atoms with Gasteiger partial charge in [-0.25, -0.2) is 4.98 Å². The lowest BCUT2D eigenvalue weighted by atomic mass is 10.2. The molecule has 0 saturated carbocycles. The summed E-state index contributed by atoms with van der Waals surface area (Å²) in [7, 11) is 0. The van der Waals surface area contributed by atoms with E-state index < -0.39 is 0 Å². The van der Waals surface area contributed by atoms with E-state index in [1.807, 2.05) is 0 Å². The van der Waals surface area contributed by atoms with Gasteiger partial charge in [-0.15, -0.1) is 0 Å². The van der Waals surface area contributed by atoms with E-state index in [0.29, 0.717) is 10.8 Å². The largest absolute Gasteiger partial charge is 0.369 e. The lowest BCUT2D eigenvalue weighted by molar-refractivity contribution is 0.742. The lowest BCUT2D eigenvalue weighted by Crippen LogP contribution is -2.06. The third kappa shape index (κ3) is 3.38. The van der Waals surface area contributed by atoms with Crippen molar-refractivity contribution >= 4 is 23.4 Å². The topological polar surface area (TPSA) is 63.8 Å². The van der Waals surface area contributed by atoms with Crippen LogP contribution in [0, 0.1) is 0 Å². The van der Waals surface area contributed by atoms with Crippen molar-refractivity contribution in [2.45, 2.75) is 26.2 Å². The van der Waals surface area contributed by atoms with Crippen LogP contribution in [0.15, 0.2) is 6.20 Å². The molecule has 78 valence electrons. The first-order valence-electron chi connectivity index (χ1n) is 4.76. The number of aromatic nitrogens is 2. The molecule has 0 spiro atoms. The quantitative estimate of drug-likeness (QED) is 0.739. The third-order valence-corrected chi connectivity index (χ3v) is 2.11. The first-order valence-corrected chi connectivity index (χ1v) is 5.13. The van der Waals surface area contributed by atoms with Crippen LogP contribution in [0.4, 0.5) is 11.8 Å². The second-order valence-corrected chi connectivity index (χ2v) is 3.47. The van der Waals surface area contributed by atoms with Gasteiger partial charge in [0.2, 0.25) is 5.95 Å². The Kier molecular flexibility index (Phi) is 4.46. The Morgan fingerprint density at radius 1 is 1.50 bits per heavy atom. The molecule has 0 amide bonds. The standard InChI is InChI=1S/C9H15ClN4/c1-2-3-4-5-12-8-7(10)6-13-9(11)14-8/h6H,2-5H2,1H3,(H3,11,12,13,14). The van der Waals surface area contributed by atoms with Crippen molar-refractivity contribution in [3.8, 4) is 0 Å². The van der Waals surface area contributed by atoms with Gasteiger partial charge in [0.1, 0.15) is 10.8 Å². The van der Waals surface area contributed by atoms with E-state index in [4.69, 9.17) is 17.3 Å². The molecule has 0 atom stereocenters. The minimum absolute atomic E-state index is 0.243. The molecule has 5 heteroatoms. The normalized spacial score (nSPS) is 10.1. The number of unbranched alkanes of at least 4 members (excludes halogenated alkanes) is 2. The van der Waals surface area contributed by atoms with Gasteiger partial charge in [0.25, 0.3) is 0 Å². The Morgan fingerprint density at radius 3 is 3.00 bits per heavy atom. The molecule has 0 aliphatic carbocycles. The summed E-state index contributed by atoms with van der Waals surface area (Å²) in [6.45, 7) is 3.03. The fourth-order valence-electron chi connectivity index (χ4n) is 1.09. The smallest absolute Gasteiger partial charge is 0.222 e. The summed E-state index contributed by atoms with van der Waals surface area (Å²) in [5.74, 6) is 0.864. The summed E-state index contributed by atoms with van der Waals surface area (Å²) in [6.07, 6.45) is 5.01. The fourth-order valence-corrected chi connectivity index (χ4v) is 1.24. The second-order valence-electron chi connectivity index (χ2n) is 3.06. The van der Waals surface area contributed by atoms with Crippen LogP contribution in [0.1, 0.15) is 26.2 Å². The monoisotopic (exact) mass is 214 g/mol. The molecule has 0 radical (unpaired) electrons. The third-order valence-electron chi connectivity index (χ3n) is 1.84. The summed E-state index contributed by atoms with van der Waals surface area (Å²) in [4.78, 5) is 7.77. The summed E-state index contributed by atoms with van der Waals surface area (Å²) >= 11 is 5.87. The number of nitrogens with zero attached hydrogens (tertiary/aromatic N) is 2. The van der Waals surface area contributed by atoms with Crippen LogP contribution in [0.25, 0.3) is 0 Å². The van der Waals surface area contributed by atoms with Crippen molar-refractivity contribution in [1.29, 1.82) is 0 Å². The van der Waals surface area contributed by atoms with Gasteiger partial charge in [-0.3, -0.25) is 0 Å². The van der Waals surface area contributed by atoms with Gasteiger partial charge < -0.3 is 11.1 Å². The Bertz CT molecular complexity index is 290. The van der Waals surface area contributed by atoms with E-state index in [1.54, 1.807) is 0 Å². The Hall–Kier alpha value is -1.03. The molecule has 14 heavy (non-hydrogen) atoms. The SMILES string of the molecule is CCCCCNc1nc(N)ncc1Cl. The second kappa shape index (κ2) is 5.65. The Labute approximate surface area is 88.9 Å². The van der Waals surface area contributed by atoms with Crippen molar-refractivity contribution in [2.24, 2.45) is 0 Å². The number of rotatable bonds is 5. The predicted molar refractivity (Wildman–Crippen MR) is 59.5 cm³/mol. The maximum absolute atomic E-state index is 5.87. The van der Waals surface area contributed by atoms with E-state index in [1.165, 1.54) is 19.0 Å². The zero-order chi connectivity index (χ0) is 10.4. The fraction of sp³-hybridized carbons (Fsp3) is 0.556. The van der Waals surface area contributed by atoms with Crippen LogP contribution >= 0.6 is 11.6 Å². The van der Waals surface area contributed by atoms with Gasteiger partial charge >= 0.3 is 0 Å². The molecule has 0 aromatic carbocycles. The van der Waals surface area contributed by atoms with Crippen LogP contribution in [0.2, 0.25) is 5.02 Å². The molecular weight excluding hydrogens is 200 g/mol. The molecule has 0 bridgehead atoms. The Morgan fingerprint density at radius 2 is 2.29 bits per heavy atom. The van der Waals surface area contributed by atoms with Crippen molar-refractivity contribution < 1.29 is 0 Å². The highest BCUT2D eigenvalue weighted by molar-refractivity contribution is 6.32. The number of hydrogen-bond acceptors (Lipinski definition) is 4. The van der Waals surface area contributed by atoms with E-state index in [9.17, 15) is 0 Å². The maximum Gasteiger partial charge on any atom is 0.222 e.